The minimum Gasteiger partial charge on any atom is -0.316 e. The van der Waals surface area contributed by atoms with Crippen molar-refractivity contribution in [2.45, 2.75) is 26.9 Å². The molecule has 108 valence electrons. The van der Waals surface area contributed by atoms with Gasteiger partial charge in [0.05, 0.1) is 17.8 Å². The van der Waals surface area contributed by atoms with Gasteiger partial charge in [-0.2, -0.15) is 5.10 Å². The summed E-state index contributed by atoms with van der Waals surface area (Å²) >= 11 is 0. The Bertz CT molecular complexity index is 768. The number of pyridine rings is 1. The Labute approximate surface area is 124 Å². The Morgan fingerprint density at radius 2 is 1.95 bits per heavy atom. The van der Waals surface area contributed by atoms with Crippen LogP contribution in [0.15, 0.2) is 36.5 Å². The molecule has 1 aromatic carbocycles. The Balaban J connectivity index is 2.01. The molecular formula is C17H20N4. The van der Waals surface area contributed by atoms with Crippen LogP contribution in [0.2, 0.25) is 0 Å². The second-order valence-electron chi connectivity index (χ2n) is 5.33. The van der Waals surface area contributed by atoms with Crippen molar-refractivity contribution in [1.29, 1.82) is 0 Å². The van der Waals surface area contributed by atoms with E-state index in [0.29, 0.717) is 0 Å². The van der Waals surface area contributed by atoms with Crippen molar-refractivity contribution in [1.82, 2.24) is 20.1 Å². The molecule has 0 fully saturated rings. The fourth-order valence-corrected chi connectivity index (χ4v) is 2.78. The lowest BCUT2D eigenvalue weighted by molar-refractivity contribution is 0.659. The van der Waals surface area contributed by atoms with Gasteiger partial charge in [-0.1, -0.05) is 24.3 Å². The zero-order chi connectivity index (χ0) is 14.8. The van der Waals surface area contributed by atoms with Gasteiger partial charge in [0.1, 0.15) is 0 Å². The number of hydrogen-bond donors (Lipinski definition) is 1. The standard InChI is InChI=1S/C17H20N4/c1-12-16(10-18-3)13(2)21(20-12)11-15-7-4-6-14-8-5-9-19-17(14)15/h4-9,18H,10-11H2,1-3H3. The van der Waals surface area contributed by atoms with Crippen LogP contribution in [0.3, 0.4) is 0 Å². The summed E-state index contributed by atoms with van der Waals surface area (Å²) in [4.78, 5) is 4.52. The maximum atomic E-state index is 4.68. The van der Waals surface area contributed by atoms with Crippen LogP contribution in [0.5, 0.6) is 0 Å². The number of benzene rings is 1. The van der Waals surface area contributed by atoms with E-state index in [1.165, 1.54) is 22.2 Å². The summed E-state index contributed by atoms with van der Waals surface area (Å²) in [7, 11) is 1.96. The number of hydrogen-bond acceptors (Lipinski definition) is 3. The number of fused-ring (bicyclic) bond motifs is 1. The van der Waals surface area contributed by atoms with Gasteiger partial charge < -0.3 is 5.32 Å². The predicted octanol–water partition coefficient (Wildman–Crippen LogP) is 2.82. The zero-order valence-electron chi connectivity index (χ0n) is 12.7. The van der Waals surface area contributed by atoms with E-state index in [1.807, 2.05) is 19.3 Å². The monoisotopic (exact) mass is 280 g/mol. The number of aromatic nitrogens is 3. The SMILES string of the molecule is CNCc1c(C)nn(Cc2cccc3cccnc23)c1C. The van der Waals surface area contributed by atoms with Crippen LogP contribution in [-0.4, -0.2) is 21.8 Å². The van der Waals surface area contributed by atoms with Crippen LogP contribution in [0.1, 0.15) is 22.5 Å². The van der Waals surface area contributed by atoms with Crippen LogP contribution in [0.4, 0.5) is 0 Å². The van der Waals surface area contributed by atoms with E-state index >= 15 is 0 Å². The lowest BCUT2D eigenvalue weighted by atomic mass is 10.1. The highest BCUT2D eigenvalue weighted by Gasteiger charge is 2.12. The van der Waals surface area contributed by atoms with Gasteiger partial charge in [0.15, 0.2) is 0 Å². The maximum absolute atomic E-state index is 4.68. The average molecular weight is 280 g/mol. The minimum absolute atomic E-state index is 0.755. The van der Waals surface area contributed by atoms with Crippen molar-refractivity contribution in [2.75, 3.05) is 7.05 Å². The second kappa shape index (κ2) is 5.66. The lowest BCUT2D eigenvalue weighted by Gasteiger charge is -2.08. The number of para-hydroxylation sites is 1. The van der Waals surface area contributed by atoms with Gasteiger partial charge in [0, 0.05) is 29.4 Å². The highest BCUT2D eigenvalue weighted by molar-refractivity contribution is 5.81. The molecule has 4 heteroatoms. The fourth-order valence-electron chi connectivity index (χ4n) is 2.78. The number of nitrogens with zero attached hydrogens (tertiary/aromatic N) is 3. The highest BCUT2D eigenvalue weighted by atomic mass is 15.3. The molecule has 2 aromatic heterocycles. The van der Waals surface area contributed by atoms with Crippen LogP contribution >= 0.6 is 0 Å². The smallest absolute Gasteiger partial charge is 0.0752 e. The summed E-state index contributed by atoms with van der Waals surface area (Å²) in [5, 5.41) is 9.06. The van der Waals surface area contributed by atoms with Crippen molar-refractivity contribution in [2.24, 2.45) is 0 Å². The Morgan fingerprint density at radius 3 is 2.76 bits per heavy atom. The number of nitrogens with one attached hydrogen (secondary N) is 1. The molecule has 0 aliphatic carbocycles. The molecule has 0 radical (unpaired) electrons. The van der Waals surface area contributed by atoms with Gasteiger partial charge in [0.2, 0.25) is 0 Å². The number of aryl methyl sites for hydroxylation is 1. The van der Waals surface area contributed by atoms with Gasteiger partial charge in [-0.3, -0.25) is 9.67 Å². The Hall–Kier alpha value is -2.20. The second-order valence-corrected chi connectivity index (χ2v) is 5.33. The first-order chi connectivity index (χ1) is 10.2. The highest BCUT2D eigenvalue weighted by Crippen LogP contribution is 2.19. The van der Waals surface area contributed by atoms with Crippen LogP contribution in [0, 0.1) is 13.8 Å². The zero-order valence-corrected chi connectivity index (χ0v) is 12.7. The van der Waals surface area contributed by atoms with Gasteiger partial charge in [-0.25, -0.2) is 0 Å². The van der Waals surface area contributed by atoms with Gasteiger partial charge in [-0.15, -0.1) is 0 Å². The molecule has 2 heterocycles. The minimum atomic E-state index is 0.755. The predicted molar refractivity (Wildman–Crippen MR) is 85.3 cm³/mol. The normalized spacial score (nSPS) is 11.2. The summed E-state index contributed by atoms with van der Waals surface area (Å²) in [5.74, 6) is 0. The van der Waals surface area contributed by atoms with E-state index in [0.717, 1.165) is 24.3 Å². The molecule has 0 unspecified atom stereocenters. The fraction of sp³-hybridized carbons (Fsp3) is 0.294. The van der Waals surface area contributed by atoms with E-state index in [4.69, 9.17) is 0 Å². The van der Waals surface area contributed by atoms with E-state index in [2.05, 4.69) is 58.2 Å². The molecule has 21 heavy (non-hydrogen) atoms. The third kappa shape index (κ3) is 2.54. The summed E-state index contributed by atoms with van der Waals surface area (Å²) in [6, 6.07) is 10.4. The molecular weight excluding hydrogens is 260 g/mol. The largest absolute Gasteiger partial charge is 0.316 e. The van der Waals surface area contributed by atoms with E-state index in [9.17, 15) is 0 Å². The van der Waals surface area contributed by atoms with Crippen molar-refractivity contribution in [3.8, 4) is 0 Å². The molecule has 0 aliphatic rings. The summed E-state index contributed by atoms with van der Waals surface area (Å²) in [6.07, 6.45) is 1.85. The molecule has 0 bridgehead atoms. The molecule has 0 saturated carbocycles. The molecule has 1 N–H and O–H groups in total. The molecule has 4 nitrogen and oxygen atoms in total. The van der Waals surface area contributed by atoms with Crippen molar-refractivity contribution in [3.63, 3.8) is 0 Å². The van der Waals surface area contributed by atoms with Crippen LogP contribution in [0.25, 0.3) is 10.9 Å². The molecule has 0 saturated heterocycles. The van der Waals surface area contributed by atoms with E-state index < -0.39 is 0 Å². The van der Waals surface area contributed by atoms with Crippen molar-refractivity contribution < 1.29 is 0 Å². The van der Waals surface area contributed by atoms with Crippen molar-refractivity contribution >= 4 is 10.9 Å². The first-order valence-electron chi connectivity index (χ1n) is 7.21. The van der Waals surface area contributed by atoms with Crippen LogP contribution < -0.4 is 5.32 Å². The van der Waals surface area contributed by atoms with Crippen molar-refractivity contribution in [3.05, 3.63) is 59.0 Å². The molecule has 3 aromatic rings. The van der Waals surface area contributed by atoms with Crippen LogP contribution in [-0.2, 0) is 13.1 Å². The first-order valence-corrected chi connectivity index (χ1v) is 7.21. The number of rotatable bonds is 4. The van der Waals surface area contributed by atoms with E-state index in [-0.39, 0.29) is 0 Å². The van der Waals surface area contributed by atoms with Gasteiger partial charge in [-0.05, 0) is 32.5 Å². The Kier molecular flexibility index (Phi) is 3.71. The quantitative estimate of drug-likeness (QED) is 0.799. The molecule has 0 spiro atoms. The first kappa shape index (κ1) is 13.8. The molecule has 0 aliphatic heterocycles. The Morgan fingerprint density at radius 1 is 1.14 bits per heavy atom. The topological polar surface area (TPSA) is 42.7 Å². The third-order valence-corrected chi connectivity index (χ3v) is 3.92. The molecule has 3 rings (SSSR count). The maximum Gasteiger partial charge on any atom is 0.0752 e. The summed E-state index contributed by atoms with van der Waals surface area (Å²) in [5.41, 5.74) is 5.85. The lowest BCUT2D eigenvalue weighted by Crippen LogP contribution is -2.08. The summed E-state index contributed by atoms with van der Waals surface area (Å²) < 4.78 is 2.07. The molecule has 0 amide bonds. The summed E-state index contributed by atoms with van der Waals surface area (Å²) in [6.45, 7) is 5.80. The molecule has 0 atom stereocenters. The third-order valence-electron chi connectivity index (χ3n) is 3.92. The van der Waals surface area contributed by atoms with Gasteiger partial charge in [0.25, 0.3) is 0 Å². The van der Waals surface area contributed by atoms with E-state index in [1.54, 1.807) is 0 Å². The van der Waals surface area contributed by atoms with Gasteiger partial charge >= 0.3 is 0 Å². The average Bonchev–Trinajstić information content (AvgIpc) is 2.76.